The highest BCUT2D eigenvalue weighted by Gasteiger charge is 2.27. The van der Waals surface area contributed by atoms with Crippen LogP contribution in [0.4, 0.5) is 14.7 Å². The molecule has 1 atom stereocenters. The van der Waals surface area contributed by atoms with E-state index in [9.17, 15) is 8.78 Å². The van der Waals surface area contributed by atoms with E-state index in [4.69, 9.17) is 5.73 Å². The lowest BCUT2D eigenvalue weighted by molar-refractivity contribution is 0.486. The smallest absolute Gasteiger partial charge is 0.201 e. The molecule has 0 saturated heterocycles. The highest BCUT2D eigenvalue weighted by molar-refractivity contribution is 7.10. The molecule has 1 unspecified atom stereocenters. The molecule has 1 aliphatic rings. The topological polar surface area (TPSA) is 43.8 Å². The molecule has 21 heavy (non-hydrogen) atoms. The third kappa shape index (κ3) is 1.78. The van der Waals surface area contributed by atoms with Gasteiger partial charge in [0.1, 0.15) is 5.52 Å². The van der Waals surface area contributed by atoms with E-state index in [-0.39, 0.29) is 17.5 Å². The second-order valence-electron chi connectivity index (χ2n) is 5.28. The van der Waals surface area contributed by atoms with E-state index in [1.807, 2.05) is 11.4 Å². The molecule has 2 aromatic heterocycles. The molecule has 0 fully saturated rings. The van der Waals surface area contributed by atoms with Crippen LogP contribution in [0.25, 0.3) is 11.0 Å². The summed E-state index contributed by atoms with van der Waals surface area (Å²) in [6.45, 7) is 0. The number of hydrogen-bond donors (Lipinski definition) is 1. The van der Waals surface area contributed by atoms with Gasteiger partial charge >= 0.3 is 0 Å². The van der Waals surface area contributed by atoms with Crippen LogP contribution in [0.15, 0.2) is 23.6 Å². The summed E-state index contributed by atoms with van der Waals surface area (Å²) in [7, 11) is 0. The van der Waals surface area contributed by atoms with E-state index in [0.29, 0.717) is 5.52 Å². The van der Waals surface area contributed by atoms with Crippen LogP contribution in [0.2, 0.25) is 0 Å². The quantitative estimate of drug-likeness (QED) is 0.741. The van der Waals surface area contributed by atoms with Gasteiger partial charge in [-0.15, -0.1) is 11.3 Å². The molecule has 1 aromatic carbocycles. The molecule has 3 aromatic rings. The van der Waals surface area contributed by atoms with Crippen LogP contribution in [-0.2, 0) is 6.42 Å². The summed E-state index contributed by atoms with van der Waals surface area (Å²) in [5.41, 5.74) is 7.71. The van der Waals surface area contributed by atoms with Crippen LogP contribution in [-0.4, -0.2) is 9.55 Å². The van der Waals surface area contributed by atoms with Crippen molar-refractivity contribution in [2.24, 2.45) is 0 Å². The molecule has 4 rings (SSSR count). The molecule has 1 aliphatic carbocycles. The number of anilines is 1. The molecule has 0 aliphatic heterocycles. The van der Waals surface area contributed by atoms with Gasteiger partial charge in [0, 0.05) is 4.88 Å². The number of hydrogen-bond acceptors (Lipinski definition) is 3. The minimum atomic E-state index is -0.876. The number of thiophene rings is 1. The number of halogens is 2. The number of nitrogens with zero attached hydrogens (tertiary/aromatic N) is 2. The van der Waals surface area contributed by atoms with Crippen molar-refractivity contribution in [1.82, 2.24) is 9.55 Å². The summed E-state index contributed by atoms with van der Waals surface area (Å²) in [6.07, 6.45) is 2.90. The minimum Gasteiger partial charge on any atom is -0.369 e. The summed E-state index contributed by atoms with van der Waals surface area (Å²) in [5.74, 6) is -1.51. The Hall–Kier alpha value is -1.95. The van der Waals surface area contributed by atoms with E-state index >= 15 is 0 Å². The first kappa shape index (κ1) is 12.8. The van der Waals surface area contributed by atoms with Gasteiger partial charge in [0.05, 0.1) is 11.6 Å². The van der Waals surface area contributed by atoms with Crippen LogP contribution in [0.5, 0.6) is 0 Å². The van der Waals surface area contributed by atoms with Crippen molar-refractivity contribution in [3.05, 3.63) is 45.7 Å². The standard InChI is InChI=1S/C15H13F2N3S/c16-9-4-5-10-14(13(9)17)20(15(18)19-10)11-2-1-3-12-8(11)6-7-21-12/h4-7,11H,1-3H2,(H2,18,19). The van der Waals surface area contributed by atoms with Crippen molar-refractivity contribution in [2.45, 2.75) is 25.3 Å². The fourth-order valence-corrected chi connectivity index (χ4v) is 4.17. The molecule has 3 nitrogen and oxygen atoms in total. The molecule has 6 heteroatoms. The minimum absolute atomic E-state index is 0.0682. The zero-order chi connectivity index (χ0) is 14.6. The highest BCUT2D eigenvalue weighted by Crippen LogP contribution is 2.39. The second kappa shape index (κ2) is 4.53. The third-order valence-corrected chi connectivity index (χ3v) is 5.10. The van der Waals surface area contributed by atoms with E-state index in [2.05, 4.69) is 4.98 Å². The van der Waals surface area contributed by atoms with Gasteiger partial charge < -0.3 is 10.3 Å². The number of imidazole rings is 1. The van der Waals surface area contributed by atoms with Crippen LogP contribution < -0.4 is 5.73 Å². The molecular weight excluding hydrogens is 292 g/mol. The number of rotatable bonds is 1. The molecule has 0 bridgehead atoms. The lowest BCUT2D eigenvalue weighted by Crippen LogP contribution is -2.18. The molecule has 0 amide bonds. The Morgan fingerprint density at radius 1 is 1.29 bits per heavy atom. The van der Waals surface area contributed by atoms with Crippen LogP contribution in [0, 0.1) is 11.6 Å². The normalized spacial score (nSPS) is 18.1. The maximum absolute atomic E-state index is 14.2. The first-order chi connectivity index (χ1) is 10.2. The van der Waals surface area contributed by atoms with Gasteiger partial charge in [-0.1, -0.05) is 0 Å². The Kier molecular flexibility index (Phi) is 2.75. The Balaban J connectivity index is 2.00. The van der Waals surface area contributed by atoms with Gasteiger partial charge in [-0.05, 0) is 48.4 Å². The average Bonchev–Trinajstić information content (AvgIpc) is 3.07. The summed E-state index contributed by atoms with van der Waals surface area (Å²) in [5, 5.41) is 2.04. The summed E-state index contributed by atoms with van der Waals surface area (Å²) >= 11 is 1.70. The Morgan fingerprint density at radius 2 is 2.14 bits per heavy atom. The lowest BCUT2D eigenvalue weighted by Gasteiger charge is -2.25. The van der Waals surface area contributed by atoms with Crippen LogP contribution in [0.3, 0.4) is 0 Å². The Labute approximate surface area is 124 Å². The Bertz CT molecular complexity index is 837. The lowest BCUT2D eigenvalue weighted by atomic mass is 9.93. The van der Waals surface area contributed by atoms with E-state index in [1.165, 1.54) is 10.9 Å². The van der Waals surface area contributed by atoms with Gasteiger partial charge in [-0.2, -0.15) is 0 Å². The number of nitrogen functional groups attached to an aromatic ring is 1. The van der Waals surface area contributed by atoms with Crippen molar-refractivity contribution in [3.63, 3.8) is 0 Å². The van der Waals surface area contributed by atoms with Crippen molar-refractivity contribution in [1.29, 1.82) is 0 Å². The first-order valence-electron chi connectivity index (χ1n) is 6.84. The Morgan fingerprint density at radius 3 is 3.00 bits per heavy atom. The van der Waals surface area contributed by atoms with Gasteiger partial charge in [0.25, 0.3) is 0 Å². The van der Waals surface area contributed by atoms with Crippen LogP contribution in [0.1, 0.15) is 29.3 Å². The highest BCUT2D eigenvalue weighted by atomic mass is 32.1. The number of aryl methyl sites for hydroxylation is 1. The monoisotopic (exact) mass is 305 g/mol. The van der Waals surface area contributed by atoms with Gasteiger partial charge in [-0.3, -0.25) is 0 Å². The first-order valence-corrected chi connectivity index (χ1v) is 7.72. The number of fused-ring (bicyclic) bond motifs is 2. The number of nitrogens with two attached hydrogens (primary N) is 1. The van der Waals surface area contributed by atoms with Gasteiger partial charge in [0.2, 0.25) is 5.95 Å². The molecule has 0 saturated carbocycles. The van der Waals surface area contributed by atoms with E-state index in [1.54, 1.807) is 15.9 Å². The fourth-order valence-electron chi connectivity index (χ4n) is 3.19. The van der Waals surface area contributed by atoms with Crippen molar-refractivity contribution in [3.8, 4) is 0 Å². The van der Waals surface area contributed by atoms with Crippen molar-refractivity contribution >= 4 is 28.3 Å². The average molecular weight is 305 g/mol. The van der Waals surface area contributed by atoms with Crippen molar-refractivity contribution in [2.75, 3.05) is 5.73 Å². The van der Waals surface area contributed by atoms with Crippen LogP contribution >= 0.6 is 11.3 Å². The zero-order valence-electron chi connectivity index (χ0n) is 11.1. The molecule has 0 spiro atoms. The summed E-state index contributed by atoms with van der Waals surface area (Å²) in [6, 6.07) is 4.54. The maximum Gasteiger partial charge on any atom is 0.201 e. The van der Waals surface area contributed by atoms with E-state index in [0.717, 1.165) is 30.9 Å². The SMILES string of the molecule is Nc1nc2ccc(F)c(F)c2n1C1CCCc2sccc21. The number of benzene rings is 1. The van der Waals surface area contributed by atoms with Gasteiger partial charge in [-0.25, -0.2) is 13.8 Å². The van der Waals surface area contributed by atoms with E-state index < -0.39 is 11.6 Å². The molecule has 2 N–H and O–H groups in total. The zero-order valence-corrected chi connectivity index (χ0v) is 12.0. The largest absolute Gasteiger partial charge is 0.369 e. The maximum atomic E-state index is 14.2. The van der Waals surface area contributed by atoms with Crippen molar-refractivity contribution < 1.29 is 8.78 Å². The predicted molar refractivity (Wildman–Crippen MR) is 79.5 cm³/mol. The number of aromatic nitrogens is 2. The molecule has 0 radical (unpaired) electrons. The molecule has 108 valence electrons. The molecular formula is C15H13F2N3S. The van der Waals surface area contributed by atoms with Gasteiger partial charge in [0.15, 0.2) is 11.6 Å². The fraction of sp³-hybridized carbons (Fsp3) is 0.267. The third-order valence-electron chi connectivity index (χ3n) is 4.10. The summed E-state index contributed by atoms with van der Waals surface area (Å²) < 4.78 is 29.5. The predicted octanol–water partition coefficient (Wildman–Crippen LogP) is 3.88. The summed E-state index contributed by atoms with van der Waals surface area (Å²) in [4.78, 5) is 5.48. The second-order valence-corrected chi connectivity index (χ2v) is 6.28. The molecule has 2 heterocycles.